The van der Waals surface area contributed by atoms with Gasteiger partial charge in [0.05, 0.1) is 11.5 Å². The molecular weight excluding hydrogens is 345 g/mol. The highest BCUT2D eigenvalue weighted by Crippen LogP contribution is 2.34. The molecule has 0 fully saturated rings. The quantitative estimate of drug-likeness (QED) is 0.602. The number of nitro benzene ring substituents is 1. The Morgan fingerprint density at radius 2 is 2.04 bits per heavy atom. The normalized spacial score (nSPS) is 13.1. The third kappa shape index (κ3) is 3.50. The molecule has 2 aromatic carbocycles. The number of ether oxygens (including phenoxy) is 3. The van der Waals surface area contributed by atoms with Gasteiger partial charge in [-0.3, -0.25) is 10.1 Å². The number of nitro groups is 1. The molecule has 2 aromatic rings. The maximum absolute atomic E-state index is 11.1. The number of hydrogen-bond donors (Lipinski definition) is 0. The SMILES string of the molecule is O=[N+]([O-])c1cc(Cl)ccc1OCc1cc(Cl)cc2c1OCOC2. The largest absolute Gasteiger partial charge is 0.482 e. The van der Waals surface area contributed by atoms with Gasteiger partial charge in [-0.15, -0.1) is 0 Å². The zero-order chi connectivity index (χ0) is 16.4. The van der Waals surface area contributed by atoms with Crippen molar-refractivity contribution in [3.63, 3.8) is 0 Å². The third-order valence-electron chi connectivity index (χ3n) is 3.25. The monoisotopic (exact) mass is 355 g/mol. The molecule has 0 amide bonds. The lowest BCUT2D eigenvalue weighted by Crippen LogP contribution is -2.14. The minimum atomic E-state index is -0.543. The highest BCUT2D eigenvalue weighted by Gasteiger charge is 2.19. The van der Waals surface area contributed by atoms with Crippen molar-refractivity contribution in [1.29, 1.82) is 0 Å². The van der Waals surface area contributed by atoms with Crippen LogP contribution in [0.2, 0.25) is 10.0 Å². The van der Waals surface area contributed by atoms with E-state index in [0.29, 0.717) is 22.9 Å². The molecule has 0 aromatic heterocycles. The molecule has 0 atom stereocenters. The summed E-state index contributed by atoms with van der Waals surface area (Å²) in [5, 5.41) is 11.9. The molecule has 3 rings (SSSR count). The number of hydrogen-bond acceptors (Lipinski definition) is 5. The topological polar surface area (TPSA) is 70.8 Å². The predicted molar refractivity (Wildman–Crippen MR) is 84.2 cm³/mol. The van der Waals surface area contributed by atoms with Crippen LogP contribution in [0.15, 0.2) is 30.3 Å². The summed E-state index contributed by atoms with van der Waals surface area (Å²) in [6.07, 6.45) is 0. The van der Waals surface area contributed by atoms with Gasteiger partial charge in [-0.2, -0.15) is 0 Å². The van der Waals surface area contributed by atoms with E-state index in [1.807, 2.05) is 0 Å². The first kappa shape index (κ1) is 15.9. The second-order valence-corrected chi connectivity index (χ2v) is 5.69. The smallest absolute Gasteiger partial charge is 0.312 e. The Kier molecular flexibility index (Phi) is 4.56. The van der Waals surface area contributed by atoms with Gasteiger partial charge >= 0.3 is 5.69 Å². The van der Waals surface area contributed by atoms with E-state index in [-0.39, 0.29) is 29.9 Å². The predicted octanol–water partition coefficient (Wildman–Crippen LogP) is 4.35. The van der Waals surface area contributed by atoms with Crippen molar-refractivity contribution in [2.24, 2.45) is 0 Å². The Labute approximate surface area is 141 Å². The van der Waals surface area contributed by atoms with Crippen molar-refractivity contribution in [1.82, 2.24) is 0 Å². The van der Waals surface area contributed by atoms with Gasteiger partial charge in [0.25, 0.3) is 0 Å². The first-order valence-corrected chi connectivity index (χ1v) is 7.39. The summed E-state index contributed by atoms with van der Waals surface area (Å²) in [4.78, 5) is 10.5. The van der Waals surface area contributed by atoms with E-state index in [1.54, 1.807) is 12.1 Å². The van der Waals surface area contributed by atoms with Gasteiger partial charge in [0.1, 0.15) is 12.4 Å². The molecule has 8 heteroatoms. The molecule has 120 valence electrons. The molecule has 23 heavy (non-hydrogen) atoms. The second-order valence-electron chi connectivity index (χ2n) is 4.82. The van der Waals surface area contributed by atoms with Crippen molar-refractivity contribution in [2.75, 3.05) is 6.79 Å². The van der Waals surface area contributed by atoms with Crippen LogP contribution in [0.4, 0.5) is 5.69 Å². The number of halogens is 2. The summed E-state index contributed by atoms with van der Waals surface area (Å²) in [6.45, 7) is 0.609. The first-order chi connectivity index (χ1) is 11.0. The van der Waals surface area contributed by atoms with E-state index >= 15 is 0 Å². The van der Waals surface area contributed by atoms with Crippen molar-refractivity contribution >= 4 is 28.9 Å². The highest BCUT2D eigenvalue weighted by molar-refractivity contribution is 6.31. The van der Waals surface area contributed by atoms with Crippen LogP contribution in [-0.2, 0) is 18.0 Å². The average molecular weight is 356 g/mol. The molecule has 0 bridgehead atoms. The van der Waals surface area contributed by atoms with Crippen LogP contribution in [0, 0.1) is 10.1 Å². The Morgan fingerprint density at radius 3 is 2.83 bits per heavy atom. The molecule has 0 saturated carbocycles. The fourth-order valence-electron chi connectivity index (χ4n) is 2.27. The molecule has 0 N–H and O–H groups in total. The third-order valence-corrected chi connectivity index (χ3v) is 3.71. The molecule has 0 saturated heterocycles. The molecule has 6 nitrogen and oxygen atoms in total. The van der Waals surface area contributed by atoms with Crippen molar-refractivity contribution in [3.05, 3.63) is 61.6 Å². The summed E-state index contributed by atoms with van der Waals surface area (Å²) in [5.74, 6) is 0.762. The van der Waals surface area contributed by atoms with Crippen LogP contribution in [0.25, 0.3) is 0 Å². The lowest BCUT2D eigenvalue weighted by Gasteiger charge is -2.21. The lowest BCUT2D eigenvalue weighted by atomic mass is 10.1. The fraction of sp³-hybridized carbons (Fsp3) is 0.200. The Balaban J connectivity index is 1.87. The first-order valence-electron chi connectivity index (χ1n) is 6.63. The molecule has 1 heterocycles. The summed E-state index contributed by atoms with van der Waals surface area (Å²) in [5.41, 5.74) is 1.31. The van der Waals surface area contributed by atoms with E-state index in [2.05, 4.69) is 0 Å². The second kappa shape index (κ2) is 6.62. The minimum Gasteiger partial charge on any atom is -0.482 e. The van der Waals surface area contributed by atoms with Crippen LogP contribution in [-0.4, -0.2) is 11.7 Å². The van der Waals surface area contributed by atoms with Crippen LogP contribution >= 0.6 is 23.2 Å². The average Bonchev–Trinajstić information content (AvgIpc) is 2.53. The standard InChI is InChI=1S/C15H11Cl2NO5/c16-11-1-2-14(13(5-11)18(19)20)22-7-10-4-12(17)3-9-6-21-8-23-15(9)10/h1-5H,6-8H2. The van der Waals surface area contributed by atoms with Crippen LogP contribution in [0.1, 0.15) is 11.1 Å². The van der Waals surface area contributed by atoms with Crippen molar-refractivity contribution in [3.8, 4) is 11.5 Å². The van der Waals surface area contributed by atoms with Crippen LogP contribution in [0.3, 0.4) is 0 Å². The maximum atomic E-state index is 11.1. The molecule has 0 aliphatic carbocycles. The molecule has 1 aliphatic rings. The van der Waals surface area contributed by atoms with Gasteiger partial charge < -0.3 is 14.2 Å². The summed E-state index contributed by atoms with van der Waals surface area (Å²) in [6, 6.07) is 7.69. The molecular formula is C15H11Cl2NO5. The van der Waals surface area contributed by atoms with Gasteiger partial charge in [-0.05, 0) is 24.3 Å². The van der Waals surface area contributed by atoms with Crippen LogP contribution in [0.5, 0.6) is 11.5 Å². The summed E-state index contributed by atoms with van der Waals surface area (Å²) < 4.78 is 16.3. The molecule has 1 aliphatic heterocycles. The van der Waals surface area contributed by atoms with E-state index in [4.69, 9.17) is 37.4 Å². The van der Waals surface area contributed by atoms with Gasteiger partial charge in [0.2, 0.25) is 0 Å². The van der Waals surface area contributed by atoms with E-state index in [1.165, 1.54) is 18.2 Å². The number of nitrogens with zero attached hydrogens (tertiary/aromatic N) is 1. The molecule has 0 unspecified atom stereocenters. The Hall–Kier alpha value is -2.02. The lowest BCUT2D eigenvalue weighted by molar-refractivity contribution is -0.385. The number of rotatable bonds is 4. The van der Waals surface area contributed by atoms with Crippen molar-refractivity contribution < 1.29 is 19.1 Å². The summed E-state index contributed by atoms with van der Waals surface area (Å²) >= 11 is 11.9. The molecule has 0 spiro atoms. The Bertz CT molecular complexity index is 766. The maximum Gasteiger partial charge on any atom is 0.312 e. The Morgan fingerprint density at radius 1 is 1.22 bits per heavy atom. The van der Waals surface area contributed by atoms with Gasteiger partial charge in [-0.25, -0.2) is 0 Å². The summed E-state index contributed by atoms with van der Waals surface area (Å²) in [7, 11) is 0. The van der Waals surface area contributed by atoms with Crippen LogP contribution < -0.4 is 9.47 Å². The van der Waals surface area contributed by atoms with Crippen molar-refractivity contribution in [2.45, 2.75) is 13.2 Å². The zero-order valence-electron chi connectivity index (χ0n) is 11.8. The van der Waals surface area contributed by atoms with E-state index in [0.717, 1.165) is 5.56 Å². The number of benzene rings is 2. The molecule has 0 radical (unpaired) electrons. The highest BCUT2D eigenvalue weighted by atomic mass is 35.5. The van der Waals surface area contributed by atoms with Gasteiger partial charge in [0.15, 0.2) is 12.5 Å². The fourth-order valence-corrected chi connectivity index (χ4v) is 2.70. The zero-order valence-corrected chi connectivity index (χ0v) is 13.3. The van der Waals surface area contributed by atoms with E-state index < -0.39 is 4.92 Å². The number of fused-ring (bicyclic) bond motifs is 1. The van der Waals surface area contributed by atoms with Gasteiger partial charge in [0, 0.05) is 27.2 Å². The van der Waals surface area contributed by atoms with E-state index in [9.17, 15) is 10.1 Å². The minimum absolute atomic E-state index is 0.0748. The van der Waals surface area contributed by atoms with Gasteiger partial charge in [-0.1, -0.05) is 23.2 Å².